The fourth-order valence-corrected chi connectivity index (χ4v) is 4.00. The number of rotatable bonds is 5. The first-order valence-corrected chi connectivity index (χ1v) is 9.30. The van der Waals surface area contributed by atoms with Gasteiger partial charge in [0.15, 0.2) is 6.61 Å². The van der Waals surface area contributed by atoms with Crippen molar-refractivity contribution in [3.8, 4) is 0 Å². The molecule has 7 heteroatoms. The second-order valence-corrected chi connectivity index (χ2v) is 7.31. The van der Waals surface area contributed by atoms with Gasteiger partial charge in [-0.1, -0.05) is 12.5 Å². The van der Waals surface area contributed by atoms with Crippen molar-refractivity contribution in [2.45, 2.75) is 39.0 Å². The number of fused-ring (bicyclic) bond motifs is 2. The maximum Gasteiger partial charge on any atom is 0.309 e. The maximum atomic E-state index is 12.3. The summed E-state index contributed by atoms with van der Waals surface area (Å²) in [5, 5.41) is 5.27. The van der Waals surface area contributed by atoms with Crippen LogP contribution in [-0.2, 0) is 23.9 Å². The Hall–Kier alpha value is -2.70. The van der Waals surface area contributed by atoms with Gasteiger partial charge in [-0.3, -0.25) is 19.2 Å². The first-order valence-electron chi connectivity index (χ1n) is 9.30. The van der Waals surface area contributed by atoms with Gasteiger partial charge in [0.05, 0.1) is 5.92 Å². The normalized spacial score (nSPS) is 24.0. The Morgan fingerprint density at radius 1 is 1.07 bits per heavy atom. The lowest BCUT2D eigenvalue weighted by molar-refractivity contribution is -0.155. The number of nitrogens with one attached hydrogen (secondary N) is 2. The van der Waals surface area contributed by atoms with Gasteiger partial charge in [-0.15, -0.1) is 0 Å². The van der Waals surface area contributed by atoms with Gasteiger partial charge in [0.2, 0.25) is 5.91 Å². The van der Waals surface area contributed by atoms with E-state index in [-0.39, 0.29) is 30.3 Å². The fraction of sp³-hybridized carbons (Fsp3) is 0.500. The maximum absolute atomic E-state index is 12.3. The minimum Gasteiger partial charge on any atom is -0.455 e. The SMILES string of the molecule is CC(=O)Nc1cccc(NC(=O)COC(=O)C2C[C@@H]3CCC[C@@H](C2)C3=O)c1. The molecule has 0 spiro atoms. The predicted molar refractivity (Wildman–Crippen MR) is 98.9 cm³/mol. The molecule has 2 N–H and O–H groups in total. The van der Waals surface area contributed by atoms with Crippen LogP contribution in [0.3, 0.4) is 0 Å². The fourth-order valence-electron chi connectivity index (χ4n) is 4.00. The Morgan fingerprint density at radius 2 is 1.70 bits per heavy atom. The summed E-state index contributed by atoms with van der Waals surface area (Å²) in [6.45, 7) is 1.03. The van der Waals surface area contributed by atoms with E-state index in [0.29, 0.717) is 30.0 Å². The third-order valence-corrected chi connectivity index (χ3v) is 5.19. The van der Waals surface area contributed by atoms with Crippen LogP contribution in [-0.4, -0.2) is 30.2 Å². The molecule has 2 bridgehead atoms. The lowest BCUT2D eigenvalue weighted by atomic mass is 9.67. The summed E-state index contributed by atoms with van der Waals surface area (Å²) in [4.78, 5) is 47.5. The highest BCUT2D eigenvalue weighted by Gasteiger charge is 2.41. The van der Waals surface area contributed by atoms with Crippen molar-refractivity contribution < 1.29 is 23.9 Å². The van der Waals surface area contributed by atoms with Gasteiger partial charge in [0.25, 0.3) is 5.91 Å². The second kappa shape index (κ2) is 8.33. The van der Waals surface area contributed by atoms with Gasteiger partial charge < -0.3 is 15.4 Å². The molecular weight excluding hydrogens is 348 g/mol. The topological polar surface area (TPSA) is 102 Å². The minimum absolute atomic E-state index is 0.0274. The smallest absolute Gasteiger partial charge is 0.309 e. The number of ether oxygens (including phenoxy) is 1. The number of amides is 2. The second-order valence-electron chi connectivity index (χ2n) is 7.31. The average molecular weight is 372 g/mol. The standard InChI is InChI=1S/C20H24N2O5/c1-12(23)21-16-6-3-7-17(10-16)22-18(24)11-27-20(26)15-8-13-4-2-5-14(9-15)19(13)25/h3,6-7,10,13-15H,2,4-5,8-9,11H2,1H3,(H,21,23)(H,22,24)/t13-,14-/m0/s1. The predicted octanol–water partition coefficient (Wildman–Crippen LogP) is 2.52. The summed E-state index contributed by atoms with van der Waals surface area (Å²) in [5.41, 5.74) is 1.07. The monoisotopic (exact) mass is 372 g/mol. The number of anilines is 2. The molecule has 2 aliphatic rings. The van der Waals surface area contributed by atoms with Crippen molar-refractivity contribution >= 4 is 34.9 Å². The molecule has 1 aromatic carbocycles. The van der Waals surface area contributed by atoms with E-state index in [2.05, 4.69) is 10.6 Å². The summed E-state index contributed by atoms with van der Waals surface area (Å²) in [6.07, 6.45) is 3.82. The Labute approximate surface area is 157 Å². The highest BCUT2D eigenvalue weighted by Crippen LogP contribution is 2.40. The molecule has 3 rings (SSSR count). The molecule has 0 aromatic heterocycles. The van der Waals surface area contributed by atoms with Crippen LogP contribution in [0, 0.1) is 17.8 Å². The highest BCUT2D eigenvalue weighted by atomic mass is 16.5. The minimum atomic E-state index is -0.449. The van der Waals surface area contributed by atoms with Crippen molar-refractivity contribution in [3.05, 3.63) is 24.3 Å². The van der Waals surface area contributed by atoms with Crippen LogP contribution < -0.4 is 10.6 Å². The van der Waals surface area contributed by atoms with E-state index in [1.54, 1.807) is 24.3 Å². The number of carbonyl (C=O) groups is 4. The van der Waals surface area contributed by atoms with Crippen molar-refractivity contribution in [1.29, 1.82) is 0 Å². The van der Waals surface area contributed by atoms with E-state index in [4.69, 9.17) is 4.74 Å². The number of hydrogen-bond acceptors (Lipinski definition) is 5. The number of esters is 1. The number of Topliss-reactive ketones (excluding diaryl/α,β-unsaturated/α-hetero) is 1. The highest BCUT2D eigenvalue weighted by molar-refractivity contribution is 5.95. The van der Waals surface area contributed by atoms with E-state index >= 15 is 0 Å². The zero-order chi connectivity index (χ0) is 19.4. The van der Waals surface area contributed by atoms with Crippen molar-refractivity contribution in [2.24, 2.45) is 17.8 Å². The lowest BCUT2D eigenvalue weighted by Crippen LogP contribution is -2.40. The molecule has 0 aliphatic heterocycles. The van der Waals surface area contributed by atoms with Gasteiger partial charge in [0, 0.05) is 30.1 Å². The molecule has 0 heterocycles. The van der Waals surface area contributed by atoms with Crippen molar-refractivity contribution in [1.82, 2.24) is 0 Å². The zero-order valence-electron chi connectivity index (χ0n) is 15.3. The van der Waals surface area contributed by atoms with Gasteiger partial charge in [0.1, 0.15) is 5.78 Å². The molecule has 2 atom stereocenters. The van der Waals surface area contributed by atoms with Crippen LogP contribution >= 0.6 is 0 Å². The summed E-state index contributed by atoms with van der Waals surface area (Å²) in [7, 11) is 0. The number of carbonyl (C=O) groups excluding carboxylic acids is 4. The quantitative estimate of drug-likeness (QED) is 0.774. The molecular formula is C20H24N2O5. The van der Waals surface area contributed by atoms with Crippen LogP contribution in [0.4, 0.5) is 11.4 Å². The zero-order valence-corrected chi connectivity index (χ0v) is 15.3. The van der Waals surface area contributed by atoms with Crippen LogP contribution in [0.2, 0.25) is 0 Å². The summed E-state index contributed by atoms with van der Waals surface area (Å²) in [6, 6.07) is 6.71. The molecule has 2 saturated carbocycles. The Morgan fingerprint density at radius 3 is 2.33 bits per heavy atom. The molecule has 1 aromatic rings. The number of ketones is 1. The van der Waals surface area contributed by atoms with E-state index < -0.39 is 11.9 Å². The molecule has 144 valence electrons. The van der Waals surface area contributed by atoms with Crippen LogP contribution in [0.5, 0.6) is 0 Å². The third-order valence-electron chi connectivity index (χ3n) is 5.19. The largest absolute Gasteiger partial charge is 0.455 e. The van der Waals surface area contributed by atoms with E-state index in [9.17, 15) is 19.2 Å². The van der Waals surface area contributed by atoms with Gasteiger partial charge >= 0.3 is 5.97 Å². The first-order chi connectivity index (χ1) is 12.9. The first kappa shape index (κ1) is 19.1. The molecule has 27 heavy (non-hydrogen) atoms. The van der Waals surface area contributed by atoms with Gasteiger partial charge in [-0.05, 0) is 43.9 Å². The van der Waals surface area contributed by atoms with Crippen LogP contribution in [0.15, 0.2) is 24.3 Å². The number of benzene rings is 1. The van der Waals surface area contributed by atoms with Crippen LogP contribution in [0.25, 0.3) is 0 Å². The summed E-state index contributed by atoms with van der Waals surface area (Å²) in [5.74, 6) is -1.11. The Bertz CT molecular complexity index is 744. The van der Waals surface area contributed by atoms with E-state index in [1.807, 2.05) is 0 Å². The number of hydrogen-bond donors (Lipinski definition) is 2. The summed E-state index contributed by atoms with van der Waals surface area (Å²) < 4.78 is 5.18. The van der Waals surface area contributed by atoms with Crippen LogP contribution in [0.1, 0.15) is 39.0 Å². The van der Waals surface area contributed by atoms with E-state index in [0.717, 1.165) is 19.3 Å². The molecule has 7 nitrogen and oxygen atoms in total. The Balaban J connectivity index is 1.48. The molecule has 0 unspecified atom stereocenters. The summed E-state index contributed by atoms with van der Waals surface area (Å²) >= 11 is 0. The average Bonchev–Trinajstić information content (AvgIpc) is 2.59. The van der Waals surface area contributed by atoms with Crippen molar-refractivity contribution in [3.63, 3.8) is 0 Å². The molecule has 2 amide bonds. The molecule has 0 saturated heterocycles. The van der Waals surface area contributed by atoms with Gasteiger partial charge in [-0.2, -0.15) is 0 Å². The Kier molecular flexibility index (Phi) is 5.88. The molecule has 2 fully saturated rings. The molecule has 2 aliphatic carbocycles. The lowest BCUT2D eigenvalue weighted by Gasteiger charge is -2.36. The van der Waals surface area contributed by atoms with Gasteiger partial charge in [-0.25, -0.2) is 0 Å². The molecule has 0 radical (unpaired) electrons. The van der Waals surface area contributed by atoms with E-state index in [1.165, 1.54) is 6.92 Å². The third kappa shape index (κ3) is 4.93. The van der Waals surface area contributed by atoms with Crippen molar-refractivity contribution in [2.75, 3.05) is 17.2 Å².